The molecule has 19 heavy (non-hydrogen) atoms. The van der Waals surface area contributed by atoms with Gasteiger partial charge in [0.1, 0.15) is 17.2 Å². The predicted octanol–water partition coefficient (Wildman–Crippen LogP) is 0.582. The standard InChI is InChI=1S/C9H7N3O6S/c13-9(14)4-8-10-6-2-1-5(12(15)16)3-7(6)19(17,18)11-8/h1-3H,4H2,(H,10,11)(H,13,14). The Hall–Kier alpha value is -2.49. The SMILES string of the molecule is O=C(O)CC1=NS(=O)(=O)c2cc([N+](=O)[O-])ccc2N1. The van der Waals surface area contributed by atoms with Gasteiger partial charge in [-0.1, -0.05) is 0 Å². The number of nitro groups is 1. The topological polar surface area (TPSA) is 139 Å². The third-order valence-corrected chi connectivity index (χ3v) is 3.64. The molecule has 0 aliphatic carbocycles. The maximum atomic E-state index is 11.8. The van der Waals surface area contributed by atoms with Crippen LogP contribution in [-0.4, -0.2) is 30.3 Å². The Balaban J connectivity index is 2.51. The van der Waals surface area contributed by atoms with E-state index in [0.717, 1.165) is 12.1 Å². The molecule has 0 spiro atoms. The second-order valence-corrected chi connectivity index (χ2v) is 5.22. The second-order valence-electron chi connectivity index (χ2n) is 3.65. The Morgan fingerprint density at radius 2 is 2.16 bits per heavy atom. The first-order valence-electron chi connectivity index (χ1n) is 4.91. The summed E-state index contributed by atoms with van der Waals surface area (Å²) in [7, 11) is -4.14. The summed E-state index contributed by atoms with van der Waals surface area (Å²) in [4.78, 5) is 20.0. The number of non-ortho nitro benzene ring substituents is 1. The predicted molar refractivity (Wildman–Crippen MR) is 63.6 cm³/mol. The molecule has 9 nitrogen and oxygen atoms in total. The van der Waals surface area contributed by atoms with Gasteiger partial charge in [0.25, 0.3) is 15.7 Å². The molecule has 0 unspecified atom stereocenters. The van der Waals surface area contributed by atoms with Gasteiger partial charge in [-0.25, -0.2) is 0 Å². The fourth-order valence-electron chi connectivity index (χ4n) is 1.53. The summed E-state index contributed by atoms with van der Waals surface area (Å²) in [5, 5.41) is 21.7. The summed E-state index contributed by atoms with van der Waals surface area (Å²) in [5.41, 5.74) is -0.321. The number of nitrogens with zero attached hydrogens (tertiary/aromatic N) is 2. The van der Waals surface area contributed by atoms with E-state index < -0.39 is 27.3 Å². The first-order valence-corrected chi connectivity index (χ1v) is 6.35. The maximum absolute atomic E-state index is 11.8. The second kappa shape index (κ2) is 4.31. The lowest BCUT2D eigenvalue weighted by molar-refractivity contribution is -0.385. The minimum absolute atomic E-state index is 0.0665. The average Bonchev–Trinajstić information content (AvgIpc) is 2.26. The van der Waals surface area contributed by atoms with Crippen molar-refractivity contribution in [1.82, 2.24) is 0 Å². The van der Waals surface area contributed by atoms with E-state index in [1.165, 1.54) is 6.07 Å². The summed E-state index contributed by atoms with van der Waals surface area (Å²) >= 11 is 0. The Morgan fingerprint density at radius 1 is 1.47 bits per heavy atom. The van der Waals surface area contributed by atoms with Gasteiger partial charge in [-0.3, -0.25) is 14.9 Å². The van der Waals surface area contributed by atoms with E-state index in [0.29, 0.717) is 0 Å². The molecular weight excluding hydrogens is 278 g/mol. The van der Waals surface area contributed by atoms with Crippen LogP contribution in [-0.2, 0) is 14.8 Å². The fourth-order valence-corrected chi connectivity index (χ4v) is 2.70. The van der Waals surface area contributed by atoms with Crippen molar-refractivity contribution in [3.63, 3.8) is 0 Å². The lowest BCUT2D eigenvalue weighted by Gasteiger charge is -2.16. The summed E-state index contributed by atoms with van der Waals surface area (Å²) in [6.07, 6.45) is -0.588. The largest absolute Gasteiger partial charge is 0.481 e. The Labute approximate surface area is 106 Å². The van der Waals surface area contributed by atoms with E-state index in [1.54, 1.807) is 0 Å². The Kier molecular flexibility index (Phi) is 2.94. The molecule has 2 rings (SSSR count). The van der Waals surface area contributed by atoms with Crippen LogP contribution in [0, 0.1) is 10.1 Å². The molecule has 0 atom stereocenters. The van der Waals surface area contributed by atoms with Gasteiger partial charge in [0.2, 0.25) is 0 Å². The number of hydrogen-bond donors (Lipinski definition) is 2. The number of nitro benzene ring substituents is 1. The van der Waals surface area contributed by atoms with Crippen molar-refractivity contribution >= 4 is 33.2 Å². The molecule has 0 saturated carbocycles. The van der Waals surface area contributed by atoms with Gasteiger partial charge in [0, 0.05) is 12.1 Å². The molecule has 1 aromatic rings. The van der Waals surface area contributed by atoms with Crippen molar-refractivity contribution in [3.05, 3.63) is 28.3 Å². The van der Waals surface area contributed by atoms with Gasteiger partial charge in [0.05, 0.1) is 10.6 Å². The summed E-state index contributed by atoms with van der Waals surface area (Å²) < 4.78 is 26.9. The van der Waals surface area contributed by atoms with Crippen LogP contribution in [0.2, 0.25) is 0 Å². The van der Waals surface area contributed by atoms with Crippen molar-refractivity contribution in [3.8, 4) is 0 Å². The Bertz CT molecular complexity index is 709. The van der Waals surface area contributed by atoms with E-state index in [2.05, 4.69) is 9.71 Å². The molecule has 2 N–H and O–H groups in total. The summed E-state index contributed by atoms with van der Waals surface area (Å²) in [6.45, 7) is 0. The number of nitrogens with one attached hydrogen (secondary N) is 1. The minimum atomic E-state index is -4.14. The zero-order valence-electron chi connectivity index (χ0n) is 9.23. The number of carbonyl (C=O) groups is 1. The number of carboxylic acids is 1. The van der Waals surface area contributed by atoms with Crippen LogP contribution in [0.4, 0.5) is 11.4 Å². The fraction of sp³-hybridized carbons (Fsp3) is 0.111. The quantitative estimate of drug-likeness (QED) is 0.611. The molecule has 1 aliphatic rings. The van der Waals surface area contributed by atoms with Gasteiger partial charge in [-0.2, -0.15) is 8.42 Å². The number of sulfonamides is 1. The zero-order chi connectivity index (χ0) is 14.2. The van der Waals surface area contributed by atoms with Crippen molar-refractivity contribution in [2.75, 3.05) is 5.32 Å². The lowest BCUT2D eigenvalue weighted by atomic mass is 10.2. The molecule has 0 fully saturated rings. The van der Waals surface area contributed by atoms with Crippen LogP contribution >= 0.6 is 0 Å². The molecular formula is C9H7N3O6S. The van der Waals surface area contributed by atoms with Gasteiger partial charge < -0.3 is 10.4 Å². The van der Waals surface area contributed by atoms with Crippen LogP contribution in [0.15, 0.2) is 27.5 Å². The molecule has 0 amide bonds. The number of hydrogen-bond acceptors (Lipinski definition) is 6. The summed E-state index contributed by atoms with van der Waals surface area (Å²) in [5.74, 6) is -1.49. The van der Waals surface area contributed by atoms with Crippen LogP contribution in [0.5, 0.6) is 0 Å². The highest BCUT2D eigenvalue weighted by Gasteiger charge is 2.27. The smallest absolute Gasteiger partial charge is 0.311 e. The van der Waals surface area contributed by atoms with Crippen molar-refractivity contribution < 1.29 is 23.2 Å². The molecule has 1 aromatic carbocycles. The normalized spacial score (nSPS) is 15.9. The van der Waals surface area contributed by atoms with E-state index in [9.17, 15) is 23.3 Å². The third-order valence-electron chi connectivity index (χ3n) is 2.28. The number of fused-ring (bicyclic) bond motifs is 1. The molecule has 0 bridgehead atoms. The highest BCUT2D eigenvalue weighted by molar-refractivity contribution is 7.90. The highest BCUT2D eigenvalue weighted by Crippen LogP contribution is 2.31. The molecule has 1 aliphatic heterocycles. The van der Waals surface area contributed by atoms with E-state index >= 15 is 0 Å². The van der Waals surface area contributed by atoms with Crippen molar-refractivity contribution in [1.29, 1.82) is 0 Å². The van der Waals surface area contributed by atoms with Crippen LogP contribution in [0.25, 0.3) is 0 Å². The van der Waals surface area contributed by atoms with E-state index in [4.69, 9.17) is 5.11 Å². The molecule has 10 heteroatoms. The molecule has 0 radical (unpaired) electrons. The number of aliphatic carboxylic acids is 1. The first-order chi connectivity index (χ1) is 8.79. The number of anilines is 1. The van der Waals surface area contributed by atoms with Crippen LogP contribution in [0.1, 0.15) is 6.42 Å². The zero-order valence-corrected chi connectivity index (χ0v) is 10.0. The lowest BCUT2D eigenvalue weighted by Crippen LogP contribution is -2.23. The van der Waals surface area contributed by atoms with Gasteiger partial charge in [-0.05, 0) is 6.07 Å². The molecule has 100 valence electrons. The number of carboxylic acid groups (broad SMARTS) is 1. The molecule has 0 aromatic heterocycles. The van der Waals surface area contributed by atoms with Crippen LogP contribution in [0.3, 0.4) is 0 Å². The monoisotopic (exact) mass is 285 g/mol. The summed E-state index contributed by atoms with van der Waals surface area (Å²) in [6, 6.07) is 3.19. The average molecular weight is 285 g/mol. The maximum Gasteiger partial charge on any atom is 0.311 e. The first kappa shape index (κ1) is 13.0. The Morgan fingerprint density at radius 3 is 2.74 bits per heavy atom. The van der Waals surface area contributed by atoms with E-state index in [1.807, 2.05) is 0 Å². The number of benzene rings is 1. The molecule has 1 heterocycles. The number of amidine groups is 1. The minimum Gasteiger partial charge on any atom is -0.481 e. The molecule has 0 saturated heterocycles. The van der Waals surface area contributed by atoms with Gasteiger partial charge in [-0.15, -0.1) is 4.40 Å². The van der Waals surface area contributed by atoms with E-state index in [-0.39, 0.29) is 22.1 Å². The van der Waals surface area contributed by atoms with Gasteiger partial charge >= 0.3 is 5.97 Å². The highest BCUT2D eigenvalue weighted by atomic mass is 32.2. The number of rotatable bonds is 3. The van der Waals surface area contributed by atoms with Crippen molar-refractivity contribution in [2.24, 2.45) is 4.40 Å². The van der Waals surface area contributed by atoms with Crippen molar-refractivity contribution in [2.45, 2.75) is 11.3 Å². The van der Waals surface area contributed by atoms with Gasteiger partial charge in [0.15, 0.2) is 0 Å². The van der Waals surface area contributed by atoms with Crippen LogP contribution < -0.4 is 5.32 Å². The third kappa shape index (κ3) is 2.52.